The van der Waals surface area contributed by atoms with Crippen LogP contribution in [-0.2, 0) is 10.0 Å². The van der Waals surface area contributed by atoms with Gasteiger partial charge in [-0.15, -0.1) is 0 Å². The lowest BCUT2D eigenvalue weighted by molar-refractivity contribution is 0.102. The van der Waals surface area contributed by atoms with Gasteiger partial charge in [-0.3, -0.25) is 14.5 Å². The number of carbonyl (C=O) groups excluding carboxylic acids is 1. The Morgan fingerprint density at radius 2 is 1.63 bits per heavy atom. The number of benzene rings is 2. The third kappa shape index (κ3) is 4.48. The summed E-state index contributed by atoms with van der Waals surface area (Å²) in [6.07, 6.45) is 3.08. The van der Waals surface area contributed by atoms with E-state index in [1.807, 2.05) is 0 Å². The van der Waals surface area contributed by atoms with Crippen LogP contribution in [0, 0.1) is 12.7 Å². The second-order valence-electron chi connectivity index (χ2n) is 5.78. The van der Waals surface area contributed by atoms with E-state index >= 15 is 0 Å². The van der Waals surface area contributed by atoms with Gasteiger partial charge in [0.25, 0.3) is 15.9 Å². The number of rotatable bonds is 5. The molecule has 138 valence electrons. The zero-order valence-electron chi connectivity index (χ0n) is 14.3. The van der Waals surface area contributed by atoms with E-state index in [-0.39, 0.29) is 16.1 Å². The Morgan fingerprint density at radius 3 is 2.30 bits per heavy atom. The average molecular weight is 385 g/mol. The van der Waals surface area contributed by atoms with Crippen molar-refractivity contribution < 1.29 is 17.6 Å². The normalized spacial score (nSPS) is 11.0. The summed E-state index contributed by atoms with van der Waals surface area (Å²) in [5.41, 5.74) is 1.63. The summed E-state index contributed by atoms with van der Waals surface area (Å²) in [5, 5.41) is 2.70. The third-order valence-corrected chi connectivity index (χ3v) is 5.18. The predicted octanol–water partition coefficient (Wildman–Crippen LogP) is 3.58. The fourth-order valence-electron chi connectivity index (χ4n) is 2.38. The minimum Gasteiger partial charge on any atom is -0.322 e. The molecule has 6 nitrogen and oxygen atoms in total. The number of carbonyl (C=O) groups is 1. The molecule has 3 aromatic rings. The molecule has 0 atom stereocenters. The van der Waals surface area contributed by atoms with Crippen molar-refractivity contribution in [2.24, 2.45) is 0 Å². The fourth-order valence-corrected chi connectivity index (χ4v) is 3.46. The molecule has 1 aromatic heterocycles. The van der Waals surface area contributed by atoms with Gasteiger partial charge in [-0.1, -0.05) is 6.07 Å². The van der Waals surface area contributed by atoms with Crippen LogP contribution in [0.15, 0.2) is 71.9 Å². The molecule has 0 radical (unpaired) electrons. The zero-order chi connectivity index (χ0) is 19.4. The Morgan fingerprint density at radius 1 is 0.963 bits per heavy atom. The number of nitrogens with zero attached hydrogens (tertiary/aromatic N) is 1. The first-order chi connectivity index (χ1) is 12.8. The van der Waals surface area contributed by atoms with Crippen molar-refractivity contribution in [2.45, 2.75) is 11.8 Å². The van der Waals surface area contributed by atoms with Crippen molar-refractivity contribution in [1.82, 2.24) is 4.98 Å². The first-order valence-electron chi connectivity index (χ1n) is 7.95. The quantitative estimate of drug-likeness (QED) is 0.703. The Bertz CT molecular complexity index is 1070. The number of hydrogen-bond acceptors (Lipinski definition) is 4. The number of aryl methyl sites for hydroxylation is 1. The van der Waals surface area contributed by atoms with Gasteiger partial charge in [-0.05, 0) is 61.0 Å². The molecule has 0 aliphatic heterocycles. The minimum absolute atomic E-state index is 0.0719. The molecule has 0 aliphatic carbocycles. The number of hydrogen-bond donors (Lipinski definition) is 2. The van der Waals surface area contributed by atoms with Gasteiger partial charge >= 0.3 is 0 Å². The van der Waals surface area contributed by atoms with Crippen molar-refractivity contribution in [3.63, 3.8) is 0 Å². The molecule has 0 unspecified atom stereocenters. The van der Waals surface area contributed by atoms with Crippen LogP contribution in [-0.4, -0.2) is 19.3 Å². The van der Waals surface area contributed by atoms with E-state index in [1.54, 1.807) is 25.1 Å². The maximum Gasteiger partial charge on any atom is 0.261 e. The molecular weight excluding hydrogens is 369 g/mol. The molecule has 1 amide bonds. The molecule has 0 spiro atoms. The van der Waals surface area contributed by atoms with Crippen LogP contribution >= 0.6 is 0 Å². The van der Waals surface area contributed by atoms with Crippen molar-refractivity contribution in [1.29, 1.82) is 0 Å². The van der Waals surface area contributed by atoms with Crippen LogP contribution < -0.4 is 10.0 Å². The van der Waals surface area contributed by atoms with Gasteiger partial charge in [-0.2, -0.15) is 0 Å². The molecule has 8 heteroatoms. The smallest absolute Gasteiger partial charge is 0.261 e. The van der Waals surface area contributed by atoms with E-state index in [1.165, 1.54) is 36.7 Å². The third-order valence-electron chi connectivity index (χ3n) is 3.80. The van der Waals surface area contributed by atoms with Gasteiger partial charge in [0.1, 0.15) is 5.82 Å². The van der Waals surface area contributed by atoms with E-state index in [2.05, 4.69) is 15.0 Å². The van der Waals surface area contributed by atoms with Gasteiger partial charge in [0.2, 0.25) is 0 Å². The van der Waals surface area contributed by atoms with Gasteiger partial charge in [0.05, 0.1) is 4.90 Å². The lowest BCUT2D eigenvalue weighted by atomic mass is 10.1. The zero-order valence-corrected chi connectivity index (χ0v) is 15.1. The maximum atomic E-state index is 13.0. The largest absolute Gasteiger partial charge is 0.322 e. The number of pyridine rings is 1. The molecule has 0 aliphatic rings. The molecule has 0 saturated carbocycles. The second-order valence-corrected chi connectivity index (χ2v) is 7.46. The highest BCUT2D eigenvalue weighted by Crippen LogP contribution is 2.20. The first kappa shape index (κ1) is 18.5. The van der Waals surface area contributed by atoms with Crippen LogP contribution in [0.4, 0.5) is 15.8 Å². The minimum atomic E-state index is -3.93. The first-order valence-corrected chi connectivity index (χ1v) is 9.44. The lowest BCUT2D eigenvalue weighted by Gasteiger charge is -2.12. The van der Waals surface area contributed by atoms with E-state index in [0.29, 0.717) is 11.3 Å². The number of aromatic nitrogens is 1. The van der Waals surface area contributed by atoms with Crippen LogP contribution in [0.2, 0.25) is 0 Å². The van der Waals surface area contributed by atoms with Crippen molar-refractivity contribution >= 4 is 27.3 Å². The Labute approximate surface area is 156 Å². The summed E-state index contributed by atoms with van der Waals surface area (Å²) in [5.74, 6) is -0.902. The van der Waals surface area contributed by atoms with Crippen LogP contribution in [0.25, 0.3) is 0 Å². The predicted molar refractivity (Wildman–Crippen MR) is 101 cm³/mol. The van der Waals surface area contributed by atoms with Crippen LogP contribution in [0.3, 0.4) is 0 Å². The summed E-state index contributed by atoms with van der Waals surface area (Å²) in [6, 6.07) is 12.5. The van der Waals surface area contributed by atoms with Crippen molar-refractivity contribution in [3.8, 4) is 0 Å². The molecule has 0 bridgehead atoms. The lowest BCUT2D eigenvalue weighted by Crippen LogP contribution is -2.17. The Kier molecular flexibility index (Phi) is 5.18. The van der Waals surface area contributed by atoms with Gasteiger partial charge < -0.3 is 5.32 Å². The average Bonchev–Trinajstić information content (AvgIpc) is 2.64. The molecule has 27 heavy (non-hydrogen) atoms. The standard InChI is InChI=1S/C19H16FN3O3S/c1-13-2-7-17(27(25,26)23-16-5-3-14(20)4-6-16)12-18(13)19(24)22-15-8-10-21-11-9-15/h2-12,23H,1H3,(H,21,22,24). The topological polar surface area (TPSA) is 88.2 Å². The number of nitrogens with one attached hydrogen (secondary N) is 2. The highest BCUT2D eigenvalue weighted by Gasteiger charge is 2.18. The number of sulfonamides is 1. The SMILES string of the molecule is Cc1ccc(S(=O)(=O)Nc2ccc(F)cc2)cc1C(=O)Nc1ccncc1. The van der Waals surface area contributed by atoms with Gasteiger partial charge in [-0.25, -0.2) is 12.8 Å². The van der Waals surface area contributed by atoms with Crippen molar-refractivity contribution in [3.05, 3.63) is 83.9 Å². The number of amides is 1. The molecule has 0 saturated heterocycles. The van der Waals surface area contributed by atoms with Crippen LogP contribution in [0.1, 0.15) is 15.9 Å². The molecule has 3 rings (SSSR count). The number of halogens is 1. The van der Waals surface area contributed by atoms with Gasteiger partial charge in [0.15, 0.2) is 0 Å². The fraction of sp³-hybridized carbons (Fsp3) is 0.0526. The maximum absolute atomic E-state index is 13.0. The Hall–Kier alpha value is -3.26. The molecular formula is C19H16FN3O3S. The van der Waals surface area contributed by atoms with Gasteiger partial charge in [0, 0.05) is 29.3 Å². The molecule has 2 aromatic carbocycles. The highest BCUT2D eigenvalue weighted by molar-refractivity contribution is 7.92. The molecule has 1 heterocycles. The summed E-state index contributed by atoms with van der Waals surface area (Å²) >= 11 is 0. The monoisotopic (exact) mass is 385 g/mol. The van der Waals surface area contributed by atoms with E-state index in [9.17, 15) is 17.6 Å². The van der Waals surface area contributed by atoms with E-state index < -0.39 is 21.7 Å². The second kappa shape index (κ2) is 7.55. The van der Waals surface area contributed by atoms with E-state index in [0.717, 1.165) is 12.1 Å². The summed E-state index contributed by atoms with van der Waals surface area (Å²) in [4.78, 5) is 16.3. The molecule has 0 fully saturated rings. The highest BCUT2D eigenvalue weighted by atomic mass is 32.2. The summed E-state index contributed by atoms with van der Waals surface area (Å²) < 4.78 is 40.5. The van der Waals surface area contributed by atoms with Crippen molar-refractivity contribution in [2.75, 3.05) is 10.0 Å². The summed E-state index contributed by atoms with van der Waals surface area (Å²) in [6.45, 7) is 1.71. The molecule has 2 N–H and O–H groups in total. The van der Waals surface area contributed by atoms with Crippen LogP contribution in [0.5, 0.6) is 0 Å². The summed E-state index contributed by atoms with van der Waals surface area (Å²) in [7, 11) is -3.93. The Balaban J connectivity index is 1.87. The van der Waals surface area contributed by atoms with E-state index in [4.69, 9.17) is 0 Å². The number of anilines is 2.